The van der Waals surface area contributed by atoms with E-state index in [4.69, 9.17) is 16.0 Å². The summed E-state index contributed by atoms with van der Waals surface area (Å²) in [6.45, 7) is 11.1. The van der Waals surface area contributed by atoms with Crippen LogP contribution < -0.4 is 0 Å². The van der Waals surface area contributed by atoms with Gasteiger partial charge in [0.2, 0.25) is 0 Å². The molecule has 78 valence electrons. The fraction of sp³-hybridized carbons (Fsp3) is 0.889. The molecule has 0 aliphatic heterocycles. The van der Waals surface area contributed by atoms with E-state index in [1.165, 1.54) is 0 Å². The minimum absolute atomic E-state index is 0.173. The molecule has 0 saturated heterocycles. The maximum absolute atomic E-state index is 10.3. The smallest absolute Gasteiger partial charge is 0.192 e. The van der Waals surface area contributed by atoms with Crippen molar-refractivity contribution in [3.63, 3.8) is 0 Å². The summed E-state index contributed by atoms with van der Waals surface area (Å²) in [5, 5.41) is -0.332. The van der Waals surface area contributed by atoms with Crippen LogP contribution in [-0.2, 0) is 9.22 Å². The zero-order valence-corrected chi connectivity index (χ0v) is 10.8. The monoisotopic (exact) mass is 222 g/mol. The molecule has 0 aliphatic rings. The molecule has 0 aromatic heterocycles. The summed E-state index contributed by atoms with van der Waals surface area (Å²) >= 11 is 5.65. The van der Waals surface area contributed by atoms with Crippen molar-refractivity contribution in [2.75, 3.05) is 6.61 Å². The van der Waals surface area contributed by atoms with Gasteiger partial charge in [-0.1, -0.05) is 20.8 Å². The largest absolute Gasteiger partial charge is 0.415 e. The maximum Gasteiger partial charge on any atom is 0.192 e. The van der Waals surface area contributed by atoms with Gasteiger partial charge in [0.1, 0.15) is 11.7 Å². The Labute approximate surface area is 86.7 Å². The lowest BCUT2D eigenvalue weighted by molar-refractivity contribution is -0.108. The second-order valence-corrected chi connectivity index (χ2v) is 10.1. The zero-order valence-electron chi connectivity index (χ0n) is 9.06. The Kier molecular flexibility index (Phi) is 4.62. The molecule has 0 bridgehead atoms. The Bertz CT molecular complexity index is 175. The van der Waals surface area contributed by atoms with Crippen LogP contribution in [-0.4, -0.2) is 26.6 Å². The SMILES string of the molecule is CC(C)(C)[Si](C)(C)OC[C@H](Cl)C=O. The number of alkyl halides is 1. The molecule has 2 nitrogen and oxygen atoms in total. The number of carbonyl (C=O) groups excluding carboxylic acids is 1. The molecule has 1 atom stereocenters. The molecule has 0 heterocycles. The molecule has 0 unspecified atom stereocenters. The molecule has 13 heavy (non-hydrogen) atoms. The van der Waals surface area contributed by atoms with E-state index in [-0.39, 0.29) is 5.04 Å². The second-order valence-electron chi connectivity index (χ2n) is 4.72. The van der Waals surface area contributed by atoms with Gasteiger partial charge >= 0.3 is 0 Å². The van der Waals surface area contributed by atoms with Crippen molar-refractivity contribution >= 4 is 26.2 Å². The van der Waals surface area contributed by atoms with Gasteiger partial charge in [0.15, 0.2) is 8.32 Å². The Hall–Kier alpha value is 0.137. The summed E-state index contributed by atoms with van der Waals surface area (Å²) in [7, 11) is -1.73. The highest BCUT2D eigenvalue weighted by molar-refractivity contribution is 6.74. The lowest BCUT2D eigenvalue weighted by Gasteiger charge is -2.36. The summed E-state index contributed by atoms with van der Waals surface area (Å²) in [4.78, 5) is 10.3. The quantitative estimate of drug-likeness (QED) is 0.416. The van der Waals surface area contributed by atoms with Gasteiger partial charge in [-0.2, -0.15) is 0 Å². The third kappa shape index (κ3) is 4.25. The van der Waals surface area contributed by atoms with Crippen LogP contribution in [0.2, 0.25) is 18.1 Å². The van der Waals surface area contributed by atoms with E-state index in [1.54, 1.807) is 0 Å². The highest BCUT2D eigenvalue weighted by Crippen LogP contribution is 2.36. The Morgan fingerprint density at radius 3 is 2.23 bits per heavy atom. The van der Waals surface area contributed by atoms with E-state index in [1.807, 2.05) is 0 Å². The summed E-state index contributed by atoms with van der Waals surface area (Å²) < 4.78 is 5.72. The lowest BCUT2D eigenvalue weighted by atomic mass is 10.2. The number of hydrogen-bond donors (Lipinski definition) is 0. The van der Waals surface area contributed by atoms with Crippen molar-refractivity contribution in [2.45, 2.75) is 44.3 Å². The molecular formula is C9H19ClO2Si. The predicted octanol–water partition coefficient (Wildman–Crippen LogP) is 2.81. The van der Waals surface area contributed by atoms with Gasteiger partial charge in [-0.05, 0) is 18.1 Å². The van der Waals surface area contributed by atoms with Crippen molar-refractivity contribution in [1.29, 1.82) is 0 Å². The highest BCUT2D eigenvalue weighted by Gasteiger charge is 2.37. The minimum atomic E-state index is -1.73. The zero-order chi connectivity index (χ0) is 10.7. The van der Waals surface area contributed by atoms with E-state index in [0.717, 1.165) is 0 Å². The van der Waals surface area contributed by atoms with Crippen LogP contribution >= 0.6 is 11.6 Å². The van der Waals surface area contributed by atoms with Gasteiger partial charge in [-0.3, -0.25) is 0 Å². The van der Waals surface area contributed by atoms with Crippen molar-refractivity contribution < 1.29 is 9.22 Å². The van der Waals surface area contributed by atoms with Crippen molar-refractivity contribution in [3.8, 4) is 0 Å². The van der Waals surface area contributed by atoms with E-state index in [9.17, 15) is 4.79 Å². The molecule has 0 aromatic rings. The number of rotatable bonds is 4. The average Bonchev–Trinajstić information content (AvgIpc) is 1.98. The van der Waals surface area contributed by atoms with Crippen LogP contribution in [0.5, 0.6) is 0 Å². The Morgan fingerprint density at radius 1 is 1.46 bits per heavy atom. The normalized spacial score (nSPS) is 15.5. The summed E-state index contributed by atoms with van der Waals surface area (Å²) in [5.74, 6) is 0. The van der Waals surface area contributed by atoms with E-state index < -0.39 is 13.7 Å². The van der Waals surface area contributed by atoms with Gasteiger partial charge in [-0.25, -0.2) is 0 Å². The number of hydrogen-bond acceptors (Lipinski definition) is 2. The van der Waals surface area contributed by atoms with Gasteiger partial charge in [0.05, 0.1) is 6.61 Å². The van der Waals surface area contributed by atoms with Crippen LogP contribution in [0.4, 0.5) is 0 Å². The lowest BCUT2D eigenvalue weighted by Crippen LogP contribution is -2.42. The summed E-state index contributed by atoms with van der Waals surface area (Å²) in [6, 6.07) is 0. The summed E-state index contributed by atoms with van der Waals surface area (Å²) in [6.07, 6.45) is 0.717. The predicted molar refractivity (Wildman–Crippen MR) is 58.9 cm³/mol. The molecule has 0 N–H and O–H groups in total. The number of halogens is 1. The third-order valence-electron chi connectivity index (χ3n) is 2.56. The Balaban J connectivity index is 4.11. The molecule has 0 aromatic carbocycles. The first-order valence-corrected chi connectivity index (χ1v) is 7.78. The van der Waals surface area contributed by atoms with Gasteiger partial charge in [-0.15, -0.1) is 11.6 Å². The molecule has 0 rings (SSSR count). The molecule has 0 spiro atoms. The molecule has 0 saturated carbocycles. The second kappa shape index (κ2) is 4.58. The van der Waals surface area contributed by atoms with Crippen LogP contribution in [0.1, 0.15) is 20.8 Å². The van der Waals surface area contributed by atoms with Crippen molar-refractivity contribution in [1.82, 2.24) is 0 Å². The Morgan fingerprint density at radius 2 is 1.92 bits per heavy atom. The minimum Gasteiger partial charge on any atom is -0.415 e. The first-order valence-electron chi connectivity index (χ1n) is 4.44. The van der Waals surface area contributed by atoms with E-state index in [0.29, 0.717) is 12.9 Å². The standard InChI is InChI=1S/C9H19ClO2Si/c1-9(2,3)13(4,5)12-7-8(10)6-11/h6,8H,7H2,1-5H3/t8-/m1/s1. The van der Waals surface area contributed by atoms with Crippen molar-refractivity contribution in [2.24, 2.45) is 0 Å². The maximum atomic E-state index is 10.3. The van der Waals surface area contributed by atoms with E-state index >= 15 is 0 Å². The van der Waals surface area contributed by atoms with E-state index in [2.05, 4.69) is 33.9 Å². The fourth-order valence-corrected chi connectivity index (χ4v) is 1.74. The highest BCUT2D eigenvalue weighted by atomic mass is 35.5. The molecule has 0 fully saturated rings. The topological polar surface area (TPSA) is 26.3 Å². The first-order chi connectivity index (χ1) is 5.70. The van der Waals surface area contributed by atoms with Gasteiger partial charge < -0.3 is 9.22 Å². The number of aldehydes is 1. The summed E-state index contributed by atoms with van der Waals surface area (Å²) in [5.41, 5.74) is 0. The first kappa shape index (κ1) is 13.1. The molecule has 0 amide bonds. The fourth-order valence-electron chi connectivity index (χ4n) is 0.544. The molecule has 0 radical (unpaired) electrons. The van der Waals surface area contributed by atoms with Crippen molar-refractivity contribution in [3.05, 3.63) is 0 Å². The van der Waals surface area contributed by atoms with Crippen LogP contribution in [0.3, 0.4) is 0 Å². The van der Waals surface area contributed by atoms with Crippen LogP contribution in [0.15, 0.2) is 0 Å². The average molecular weight is 223 g/mol. The third-order valence-corrected chi connectivity index (χ3v) is 7.29. The van der Waals surface area contributed by atoms with Gasteiger partial charge in [0, 0.05) is 0 Å². The molecule has 4 heteroatoms. The molecular weight excluding hydrogens is 204 g/mol. The number of carbonyl (C=O) groups is 1. The van der Waals surface area contributed by atoms with Gasteiger partial charge in [0.25, 0.3) is 0 Å². The van der Waals surface area contributed by atoms with Crippen LogP contribution in [0, 0.1) is 0 Å². The van der Waals surface area contributed by atoms with Crippen LogP contribution in [0.25, 0.3) is 0 Å². The molecule has 0 aliphatic carbocycles.